The first-order chi connectivity index (χ1) is 11.6. The summed E-state index contributed by atoms with van der Waals surface area (Å²) in [5.41, 5.74) is 2.89. The summed E-state index contributed by atoms with van der Waals surface area (Å²) in [5, 5.41) is 5.00. The Balaban J connectivity index is 1.81. The fraction of sp³-hybridized carbons (Fsp3) is 0.333. The molecule has 0 unspecified atom stereocenters. The zero-order valence-electron chi connectivity index (χ0n) is 14.1. The van der Waals surface area contributed by atoms with Crippen LogP contribution in [0.4, 0.5) is 0 Å². The summed E-state index contributed by atoms with van der Waals surface area (Å²) >= 11 is 1.55. The number of nitrogens with zero attached hydrogens (tertiary/aromatic N) is 2. The Bertz CT molecular complexity index is 836. The Morgan fingerprint density at radius 2 is 2.12 bits per heavy atom. The van der Waals surface area contributed by atoms with Crippen LogP contribution < -0.4 is 10.1 Å². The summed E-state index contributed by atoms with van der Waals surface area (Å²) in [5.74, 6) is 0.867. The zero-order chi connectivity index (χ0) is 17.1. The quantitative estimate of drug-likeness (QED) is 0.745. The second-order valence-corrected chi connectivity index (χ2v) is 6.62. The number of nitrogens with one attached hydrogen (secondary N) is 1. The molecule has 6 heteroatoms. The molecule has 1 N–H and O–H groups in total. The standard InChI is InChI=1S/C18H21N3O2S/c1-4-12(2)19-17(22)9-14-11-24-18-20-16(10-21(14)18)13-5-7-15(23-3)8-6-13/h5-8,10-12H,4,9H2,1-3H3,(H,19,22)/t12-/m0/s1. The maximum atomic E-state index is 12.1. The number of fused-ring (bicyclic) bond motifs is 1. The highest BCUT2D eigenvalue weighted by Gasteiger charge is 2.13. The highest BCUT2D eigenvalue weighted by Crippen LogP contribution is 2.25. The SMILES string of the molecule is CC[C@H](C)NC(=O)Cc1csc2nc(-c3ccc(OC)cc3)cn12. The lowest BCUT2D eigenvalue weighted by atomic mass is 10.1. The Kier molecular flexibility index (Phi) is 4.85. The van der Waals surface area contributed by atoms with Crippen LogP contribution in [0.2, 0.25) is 0 Å². The monoisotopic (exact) mass is 343 g/mol. The van der Waals surface area contributed by atoms with Crippen molar-refractivity contribution >= 4 is 22.2 Å². The number of aromatic nitrogens is 2. The molecule has 2 aromatic heterocycles. The molecule has 0 aliphatic rings. The van der Waals surface area contributed by atoms with Gasteiger partial charge in [0.05, 0.1) is 19.2 Å². The van der Waals surface area contributed by atoms with Crippen molar-refractivity contribution in [2.75, 3.05) is 7.11 Å². The molecule has 1 atom stereocenters. The summed E-state index contributed by atoms with van der Waals surface area (Å²) in [6.45, 7) is 4.07. The minimum Gasteiger partial charge on any atom is -0.497 e. The molecular formula is C18H21N3O2S. The fourth-order valence-electron chi connectivity index (χ4n) is 2.45. The highest BCUT2D eigenvalue weighted by molar-refractivity contribution is 7.15. The molecular weight excluding hydrogens is 322 g/mol. The van der Waals surface area contributed by atoms with E-state index in [0.717, 1.165) is 34.1 Å². The largest absolute Gasteiger partial charge is 0.497 e. The summed E-state index contributed by atoms with van der Waals surface area (Å²) in [7, 11) is 1.65. The van der Waals surface area contributed by atoms with Gasteiger partial charge in [0, 0.05) is 28.9 Å². The van der Waals surface area contributed by atoms with Gasteiger partial charge in [-0.25, -0.2) is 4.98 Å². The lowest BCUT2D eigenvalue weighted by Crippen LogP contribution is -2.33. The second kappa shape index (κ2) is 7.05. The van der Waals surface area contributed by atoms with E-state index < -0.39 is 0 Å². The molecule has 0 aliphatic carbocycles. The molecule has 24 heavy (non-hydrogen) atoms. The predicted octanol–water partition coefficient (Wildman–Crippen LogP) is 3.53. The zero-order valence-corrected chi connectivity index (χ0v) is 14.9. The minimum atomic E-state index is 0.0451. The van der Waals surface area contributed by atoms with Crippen molar-refractivity contribution in [1.82, 2.24) is 14.7 Å². The summed E-state index contributed by atoms with van der Waals surface area (Å²) in [4.78, 5) is 17.7. The average molecular weight is 343 g/mol. The van der Waals surface area contributed by atoms with Gasteiger partial charge in [-0.3, -0.25) is 9.20 Å². The van der Waals surface area contributed by atoms with Crippen molar-refractivity contribution in [3.05, 3.63) is 41.5 Å². The van der Waals surface area contributed by atoms with E-state index in [1.807, 2.05) is 47.2 Å². The van der Waals surface area contributed by atoms with Crippen LogP contribution in [-0.4, -0.2) is 28.4 Å². The van der Waals surface area contributed by atoms with Crippen LogP contribution >= 0.6 is 11.3 Å². The van der Waals surface area contributed by atoms with Crippen LogP contribution in [0.1, 0.15) is 26.0 Å². The lowest BCUT2D eigenvalue weighted by molar-refractivity contribution is -0.121. The maximum Gasteiger partial charge on any atom is 0.226 e. The van der Waals surface area contributed by atoms with Crippen LogP contribution in [0.3, 0.4) is 0 Å². The van der Waals surface area contributed by atoms with Gasteiger partial charge in [0.25, 0.3) is 0 Å². The Hall–Kier alpha value is -2.34. The van der Waals surface area contributed by atoms with Crippen LogP contribution in [0.5, 0.6) is 5.75 Å². The molecule has 5 nitrogen and oxygen atoms in total. The first-order valence-electron chi connectivity index (χ1n) is 8.00. The summed E-state index contributed by atoms with van der Waals surface area (Å²) < 4.78 is 7.19. The van der Waals surface area contributed by atoms with Crippen molar-refractivity contribution in [1.29, 1.82) is 0 Å². The average Bonchev–Trinajstić information content (AvgIpc) is 3.17. The third kappa shape index (κ3) is 3.43. The molecule has 0 aliphatic heterocycles. The Morgan fingerprint density at radius 1 is 1.38 bits per heavy atom. The number of benzene rings is 1. The van der Waals surface area contributed by atoms with E-state index in [9.17, 15) is 4.79 Å². The van der Waals surface area contributed by atoms with E-state index in [-0.39, 0.29) is 11.9 Å². The number of thiazole rings is 1. The first-order valence-corrected chi connectivity index (χ1v) is 8.88. The molecule has 3 rings (SSSR count). The number of rotatable bonds is 6. The molecule has 1 aromatic carbocycles. The van der Waals surface area contributed by atoms with Gasteiger partial charge in [-0.2, -0.15) is 0 Å². The van der Waals surface area contributed by atoms with E-state index in [1.165, 1.54) is 0 Å². The van der Waals surface area contributed by atoms with E-state index in [0.29, 0.717) is 6.42 Å². The van der Waals surface area contributed by atoms with Crippen molar-refractivity contribution < 1.29 is 9.53 Å². The van der Waals surface area contributed by atoms with Gasteiger partial charge in [-0.15, -0.1) is 11.3 Å². The number of ether oxygens (including phenoxy) is 1. The van der Waals surface area contributed by atoms with Crippen LogP contribution in [-0.2, 0) is 11.2 Å². The van der Waals surface area contributed by atoms with Crippen molar-refractivity contribution in [2.24, 2.45) is 0 Å². The molecule has 0 spiro atoms. The molecule has 2 heterocycles. The number of carbonyl (C=O) groups excluding carboxylic acids is 1. The van der Waals surface area contributed by atoms with Crippen molar-refractivity contribution in [3.8, 4) is 17.0 Å². The summed E-state index contributed by atoms with van der Waals surface area (Å²) in [6, 6.07) is 8.01. The second-order valence-electron chi connectivity index (χ2n) is 5.79. The molecule has 126 valence electrons. The number of imidazole rings is 1. The summed E-state index contributed by atoms with van der Waals surface area (Å²) in [6.07, 6.45) is 3.28. The number of hydrogen-bond acceptors (Lipinski definition) is 4. The normalized spacial score (nSPS) is 12.3. The molecule has 0 saturated carbocycles. The first kappa shape index (κ1) is 16.5. The van der Waals surface area contributed by atoms with Gasteiger partial charge in [-0.1, -0.05) is 6.92 Å². The van der Waals surface area contributed by atoms with E-state index in [4.69, 9.17) is 4.74 Å². The smallest absolute Gasteiger partial charge is 0.226 e. The maximum absolute atomic E-state index is 12.1. The number of amides is 1. The van der Waals surface area contributed by atoms with Crippen molar-refractivity contribution in [3.63, 3.8) is 0 Å². The molecule has 0 saturated heterocycles. The Labute approximate surface area is 145 Å². The molecule has 0 fully saturated rings. The molecule has 3 aromatic rings. The van der Waals surface area contributed by atoms with Gasteiger partial charge >= 0.3 is 0 Å². The minimum absolute atomic E-state index is 0.0451. The number of methoxy groups -OCH3 is 1. The third-order valence-electron chi connectivity index (χ3n) is 4.03. The lowest BCUT2D eigenvalue weighted by Gasteiger charge is -2.10. The molecule has 0 radical (unpaired) electrons. The van der Waals surface area contributed by atoms with Crippen LogP contribution in [0.25, 0.3) is 16.2 Å². The van der Waals surface area contributed by atoms with Crippen LogP contribution in [0, 0.1) is 0 Å². The van der Waals surface area contributed by atoms with E-state index in [2.05, 4.69) is 17.2 Å². The van der Waals surface area contributed by atoms with Gasteiger partial charge in [0.2, 0.25) is 5.91 Å². The Morgan fingerprint density at radius 3 is 2.79 bits per heavy atom. The predicted molar refractivity (Wildman–Crippen MR) is 96.7 cm³/mol. The number of carbonyl (C=O) groups is 1. The highest BCUT2D eigenvalue weighted by atomic mass is 32.1. The third-order valence-corrected chi connectivity index (χ3v) is 4.92. The molecule has 1 amide bonds. The molecule has 0 bridgehead atoms. The van der Waals surface area contributed by atoms with E-state index in [1.54, 1.807) is 18.4 Å². The van der Waals surface area contributed by atoms with Gasteiger partial charge in [0.1, 0.15) is 5.75 Å². The van der Waals surface area contributed by atoms with Crippen molar-refractivity contribution in [2.45, 2.75) is 32.7 Å². The van der Waals surface area contributed by atoms with E-state index >= 15 is 0 Å². The van der Waals surface area contributed by atoms with Crippen LogP contribution in [0.15, 0.2) is 35.8 Å². The number of hydrogen-bond donors (Lipinski definition) is 1. The topological polar surface area (TPSA) is 55.6 Å². The van der Waals surface area contributed by atoms with Gasteiger partial charge in [-0.05, 0) is 37.6 Å². The van der Waals surface area contributed by atoms with Gasteiger partial charge in [0.15, 0.2) is 4.96 Å². The van der Waals surface area contributed by atoms with Gasteiger partial charge < -0.3 is 10.1 Å². The fourth-order valence-corrected chi connectivity index (χ4v) is 3.32.